The molecule has 1 aliphatic heterocycles. The zero-order valence-electron chi connectivity index (χ0n) is 16.9. The molecule has 5 nitrogen and oxygen atoms in total. The maximum atomic E-state index is 12.8. The van der Waals surface area contributed by atoms with E-state index in [1.165, 1.54) is 0 Å². The van der Waals surface area contributed by atoms with Gasteiger partial charge in [-0.2, -0.15) is 0 Å². The fourth-order valence-corrected chi connectivity index (χ4v) is 3.75. The second kappa shape index (κ2) is 9.49. The minimum atomic E-state index is 0.0608. The molecular formula is C23H29NO4. The number of amides is 1. The van der Waals surface area contributed by atoms with E-state index in [4.69, 9.17) is 14.2 Å². The van der Waals surface area contributed by atoms with E-state index in [-0.39, 0.29) is 11.9 Å². The number of rotatable bonds is 8. The number of carbonyl (C=O) groups excluding carboxylic acids is 1. The third kappa shape index (κ3) is 4.58. The monoisotopic (exact) mass is 383 g/mol. The van der Waals surface area contributed by atoms with E-state index in [2.05, 4.69) is 0 Å². The molecule has 0 N–H and O–H groups in total. The van der Waals surface area contributed by atoms with Gasteiger partial charge in [0.2, 0.25) is 5.91 Å². The van der Waals surface area contributed by atoms with Crippen LogP contribution >= 0.6 is 0 Å². The zero-order valence-corrected chi connectivity index (χ0v) is 16.9. The number of aryl methyl sites for hydroxylation is 1. The van der Waals surface area contributed by atoms with Gasteiger partial charge in [-0.3, -0.25) is 4.79 Å². The van der Waals surface area contributed by atoms with Crippen molar-refractivity contribution in [3.05, 3.63) is 53.6 Å². The standard InChI is InChI=1S/C23H29NO4/c1-17-8-4-5-10-21(17)28-15-7-11-23(25)24-14-6-9-20(24)19-13-12-18(26-2)16-22(19)27-3/h4-5,8,10,12-13,16,20H,6-7,9,11,14-15H2,1-3H3. The Morgan fingerprint density at radius 3 is 2.68 bits per heavy atom. The highest BCUT2D eigenvalue weighted by Gasteiger charge is 2.31. The van der Waals surface area contributed by atoms with Gasteiger partial charge in [-0.15, -0.1) is 0 Å². The fraction of sp³-hybridized carbons (Fsp3) is 0.435. The van der Waals surface area contributed by atoms with Crippen LogP contribution in [0, 0.1) is 6.92 Å². The molecule has 0 saturated carbocycles. The number of methoxy groups -OCH3 is 2. The van der Waals surface area contributed by atoms with Gasteiger partial charge in [-0.25, -0.2) is 0 Å². The summed E-state index contributed by atoms with van der Waals surface area (Å²) in [6, 6.07) is 13.8. The third-order valence-electron chi connectivity index (χ3n) is 5.26. The van der Waals surface area contributed by atoms with Crippen LogP contribution in [0.5, 0.6) is 17.2 Å². The largest absolute Gasteiger partial charge is 0.497 e. The average molecular weight is 383 g/mol. The summed E-state index contributed by atoms with van der Waals surface area (Å²) in [5.74, 6) is 2.59. The van der Waals surface area contributed by atoms with Crippen LogP contribution in [0.15, 0.2) is 42.5 Å². The van der Waals surface area contributed by atoms with Crippen LogP contribution in [0.3, 0.4) is 0 Å². The quantitative estimate of drug-likeness (QED) is 0.628. The third-order valence-corrected chi connectivity index (χ3v) is 5.26. The normalized spacial score (nSPS) is 16.1. The Kier molecular flexibility index (Phi) is 6.80. The zero-order chi connectivity index (χ0) is 19.9. The molecule has 1 fully saturated rings. The Hall–Kier alpha value is -2.69. The van der Waals surface area contributed by atoms with Gasteiger partial charge in [-0.1, -0.05) is 18.2 Å². The second-order valence-electron chi connectivity index (χ2n) is 7.07. The number of ether oxygens (including phenoxy) is 3. The molecule has 1 atom stereocenters. The molecule has 0 radical (unpaired) electrons. The van der Waals surface area contributed by atoms with Gasteiger partial charge in [0.15, 0.2) is 0 Å². The summed E-state index contributed by atoms with van der Waals surface area (Å²) in [7, 11) is 3.29. The van der Waals surface area contributed by atoms with Crippen molar-refractivity contribution in [2.24, 2.45) is 0 Å². The lowest BCUT2D eigenvalue weighted by atomic mass is 10.0. The maximum absolute atomic E-state index is 12.8. The molecule has 0 spiro atoms. The second-order valence-corrected chi connectivity index (χ2v) is 7.07. The minimum Gasteiger partial charge on any atom is -0.497 e. The smallest absolute Gasteiger partial charge is 0.223 e. The molecular weight excluding hydrogens is 354 g/mol. The Morgan fingerprint density at radius 1 is 1.11 bits per heavy atom. The summed E-state index contributed by atoms with van der Waals surface area (Å²) in [6.07, 6.45) is 3.15. The van der Waals surface area contributed by atoms with Gasteiger partial charge in [0.1, 0.15) is 17.2 Å². The van der Waals surface area contributed by atoms with Crippen LogP contribution in [-0.2, 0) is 4.79 Å². The van der Waals surface area contributed by atoms with Crippen molar-refractivity contribution in [2.45, 2.75) is 38.6 Å². The Bertz CT molecular complexity index is 805. The average Bonchev–Trinajstić information content (AvgIpc) is 3.21. The number of para-hydroxylation sites is 1. The van der Waals surface area contributed by atoms with Crippen LogP contribution in [0.2, 0.25) is 0 Å². The summed E-state index contributed by atoms with van der Waals surface area (Å²) < 4.78 is 16.7. The molecule has 150 valence electrons. The molecule has 2 aromatic rings. The number of benzene rings is 2. The highest BCUT2D eigenvalue weighted by Crippen LogP contribution is 2.39. The summed E-state index contributed by atoms with van der Waals surface area (Å²) in [4.78, 5) is 14.8. The van der Waals surface area contributed by atoms with Crippen molar-refractivity contribution in [1.82, 2.24) is 4.90 Å². The van der Waals surface area contributed by atoms with Crippen LogP contribution in [0.1, 0.15) is 42.9 Å². The van der Waals surface area contributed by atoms with Crippen LogP contribution in [-0.4, -0.2) is 38.2 Å². The van der Waals surface area contributed by atoms with Crippen molar-refractivity contribution in [2.75, 3.05) is 27.4 Å². The van der Waals surface area contributed by atoms with E-state index in [9.17, 15) is 4.79 Å². The van der Waals surface area contributed by atoms with Gasteiger partial charge in [0.05, 0.1) is 26.9 Å². The minimum absolute atomic E-state index is 0.0608. The van der Waals surface area contributed by atoms with Crippen LogP contribution in [0.4, 0.5) is 0 Å². The molecule has 0 bridgehead atoms. The van der Waals surface area contributed by atoms with Gasteiger partial charge in [0.25, 0.3) is 0 Å². The fourth-order valence-electron chi connectivity index (χ4n) is 3.75. The van der Waals surface area contributed by atoms with Crippen molar-refractivity contribution >= 4 is 5.91 Å². The SMILES string of the molecule is COc1ccc(C2CCCN2C(=O)CCCOc2ccccc2C)c(OC)c1. The molecule has 0 aromatic heterocycles. The van der Waals surface area contributed by atoms with Crippen LogP contribution < -0.4 is 14.2 Å². The molecule has 2 aromatic carbocycles. The molecule has 1 aliphatic rings. The first-order valence-corrected chi connectivity index (χ1v) is 9.84. The van der Waals surface area contributed by atoms with Gasteiger partial charge in [0, 0.05) is 24.6 Å². The number of carbonyl (C=O) groups is 1. The molecule has 1 unspecified atom stereocenters. The topological polar surface area (TPSA) is 48.0 Å². The predicted octanol–water partition coefficient (Wildman–Crippen LogP) is 4.53. The van der Waals surface area contributed by atoms with E-state index >= 15 is 0 Å². The molecule has 1 amide bonds. The van der Waals surface area contributed by atoms with Gasteiger partial charge < -0.3 is 19.1 Å². The van der Waals surface area contributed by atoms with Gasteiger partial charge in [-0.05, 0) is 49.9 Å². The summed E-state index contributed by atoms with van der Waals surface area (Å²) in [6.45, 7) is 3.36. The molecule has 0 aliphatic carbocycles. The molecule has 28 heavy (non-hydrogen) atoms. The number of hydrogen-bond acceptors (Lipinski definition) is 4. The first kappa shape index (κ1) is 20.1. The molecule has 3 rings (SSSR count). The number of likely N-dealkylation sites (tertiary alicyclic amines) is 1. The first-order chi connectivity index (χ1) is 13.6. The molecule has 1 heterocycles. The molecule has 5 heteroatoms. The summed E-state index contributed by atoms with van der Waals surface area (Å²) in [5.41, 5.74) is 2.16. The van der Waals surface area contributed by atoms with Gasteiger partial charge >= 0.3 is 0 Å². The summed E-state index contributed by atoms with van der Waals surface area (Å²) in [5, 5.41) is 0. The van der Waals surface area contributed by atoms with Crippen molar-refractivity contribution in [1.29, 1.82) is 0 Å². The lowest BCUT2D eigenvalue weighted by Crippen LogP contribution is -2.30. The number of nitrogens with zero attached hydrogens (tertiary/aromatic N) is 1. The van der Waals surface area contributed by atoms with Crippen LogP contribution in [0.25, 0.3) is 0 Å². The van der Waals surface area contributed by atoms with Crippen molar-refractivity contribution < 1.29 is 19.0 Å². The lowest BCUT2D eigenvalue weighted by molar-refractivity contribution is -0.132. The van der Waals surface area contributed by atoms with E-state index < -0.39 is 0 Å². The Labute approximate surface area is 167 Å². The highest BCUT2D eigenvalue weighted by atomic mass is 16.5. The molecule has 1 saturated heterocycles. The van der Waals surface area contributed by atoms with Crippen molar-refractivity contribution in [3.8, 4) is 17.2 Å². The highest BCUT2D eigenvalue weighted by molar-refractivity contribution is 5.77. The first-order valence-electron chi connectivity index (χ1n) is 9.84. The maximum Gasteiger partial charge on any atom is 0.223 e. The lowest BCUT2D eigenvalue weighted by Gasteiger charge is -2.26. The van der Waals surface area contributed by atoms with E-state index in [0.29, 0.717) is 19.4 Å². The van der Waals surface area contributed by atoms with E-state index in [1.807, 2.05) is 54.3 Å². The predicted molar refractivity (Wildman–Crippen MR) is 109 cm³/mol. The Balaban J connectivity index is 1.58. The Morgan fingerprint density at radius 2 is 1.93 bits per heavy atom. The van der Waals surface area contributed by atoms with E-state index in [0.717, 1.165) is 47.8 Å². The summed E-state index contributed by atoms with van der Waals surface area (Å²) >= 11 is 0. The van der Waals surface area contributed by atoms with Crippen molar-refractivity contribution in [3.63, 3.8) is 0 Å². The number of hydrogen-bond donors (Lipinski definition) is 0. The van der Waals surface area contributed by atoms with E-state index in [1.54, 1.807) is 14.2 Å².